The van der Waals surface area contributed by atoms with E-state index in [4.69, 9.17) is 0 Å². The molecule has 0 aromatic carbocycles. The van der Waals surface area contributed by atoms with Crippen LogP contribution in [-0.4, -0.2) is 46.5 Å². The Kier molecular flexibility index (Phi) is 4.24. The Morgan fingerprint density at radius 1 is 1.40 bits per heavy atom. The third kappa shape index (κ3) is 2.83. The standard InChI is InChI=1S/C16H25N3S/c1-3-8-19-10-5-7-16(19)6-4-9-18(13-16)11-15-12-20-14(2)17-15/h3,12H,1,4-11,13H2,2H3. The molecule has 110 valence electrons. The van der Waals surface area contributed by atoms with E-state index in [0.717, 1.165) is 13.1 Å². The molecule has 1 atom stereocenters. The first-order valence-electron chi connectivity index (χ1n) is 7.71. The number of aromatic nitrogens is 1. The van der Waals surface area contributed by atoms with Gasteiger partial charge in [0.2, 0.25) is 0 Å². The van der Waals surface area contributed by atoms with E-state index in [1.165, 1.54) is 56.0 Å². The number of likely N-dealkylation sites (tertiary alicyclic amines) is 2. The number of hydrogen-bond donors (Lipinski definition) is 0. The Morgan fingerprint density at radius 3 is 2.90 bits per heavy atom. The number of thiazole rings is 1. The van der Waals surface area contributed by atoms with Gasteiger partial charge in [-0.3, -0.25) is 9.80 Å². The number of aryl methyl sites for hydroxylation is 1. The first-order valence-corrected chi connectivity index (χ1v) is 8.59. The van der Waals surface area contributed by atoms with Gasteiger partial charge in [0.25, 0.3) is 0 Å². The van der Waals surface area contributed by atoms with E-state index in [2.05, 4.69) is 39.7 Å². The van der Waals surface area contributed by atoms with Crippen LogP contribution in [0, 0.1) is 6.92 Å². The molecule has 2 saturated heterocycles. The fourth-order valence-electron chi connectivity index (χ4n) is 3.95. The highest BCUT2D eigenvalue weighted by Crippen LogP contribution is 2.37. The first-order chi connectivity index (χ1) is 9.72. The van der Waals surface area contributed by atoms with Crippen LogP contribution in [0.1, 0.15) is 36.4 Å². The molecule has 0 amide bonds. The second-order valence-electron chi connectivity index (χ2n) is 6.23. The minimum atomic E-state index is 0.414. The Balaban J connectivity index is 1.68. The third-order valence-electron chi connectivity index (χ3n) is 4.78. The van der Waals surface area contributed by atoms with Crippen molar-refractivity contribution in [2.24, 2.45) is 0 Å². The van der Waals surface area contributed by atoms with Crippen molar-refractivity contribution in [2.45, 2.75) is 44.7 Å². The van der Waals surface area contributed by atoms with Crippen molar-refractivity contribution in [3.8, 4) is 0 Å². The molecule has 0 saturated carbocycles. The van der Waals surface area contributed by atoms with Gasteiger partial charge in [0.1, 0.15) is 0 Å². The van der Waals surface area contributed by atoms with Gasteiger partial charge >= 0.3 is 0 Å². The van der Waals surface area contributed by atoms with Gasteiger partial charge in [-0.1, -0.05) is 6.08 Å². The third-order valence-corrected chi connectivity index (χ3v) is 5.60. The van der Waals surface area contributed by atoms with Crippen molar-refractivity contribution >= 4 is 11.3 Å². The lowest BCUT2D eigenvalue weighted by Crippen LogP contribution is -2.55. The fraction of sp³-hybridized carbons (Fsp3) is 0.688. The van der Waals surface area contributed by atoms with Gasteiger partial charge in [0, 0.05) is 30.6 Å². The summed E-state index contributed by atoms with van der Waals surface area (Å²) in [6.45, 7) is 11.8. The summed E-state index contributed by atoms with van der Waals surface area (Å²) in [5.41, 5.74) is 1.66. The van der Waals surface area contributed by atoms with Crippen LogP contribution >= 0.6 is 11.3 Å². The minimum Gasteiger partial charge on any atom is -0.296 e. The molecule has 2 aliphatic rings. The molecule has 0 radical (unpaired) electrons. The molecule has 20 heavy (non-hydrogen) atoms. The van der Waals surface area contributed by atoms with Crippen molar-refractivity contribution in [1.82, 2.24) is 14.8 Å². The first kappa shape index (κ1) is 14.2. The minimum absolute atomic E-state index is 0.414. The number of rotatable bonds is 4. The molecule has 1 aromatic rings. The summed E-state index contributed by atoms with van der Waals surface area (Å²) < 4.78 is 0. The molecule has 0 bridgehead atoms. The van der Waals surface area contributed by atoms with E-state index < -0.39 is 0 Å². The van der Waals surface area contributed by atoms with Gasteiger partial charge < -0.3 is 0 Å². The van der Waals surface area contributed by atoms with Gasteiger partial charge in [-0.2, -0.15) is 0 Å². The molecule has 1 spiro atoms. The molecule has 1 unspecified atom stereocenters. The van der Waals surface area contributed by atoms with Gasteiger partial charge in [0.15, 0.2) is 0 Å². The van der Waals surface area contributed by atoms with Crippen molar-refractivity contribution in [3.63, 3.8) is 0 Å². The normalized spacial score (nSPS) is 28.2. The highest BCUT2D eigenvalue weighted by atomic mass is 32.1. The van der Waals surface area contributed by atoms with Crippen LogP contribution in [-0.2, 0) is 6.54 Å². The zero-order valence-corrected chi connectivity index (χ0v) is 13.3. The van der Waals surface area contributed by atoms with E-state index in [1.54, 1.807) is 11.3 Å². The highest BCUT2D eigenvalue weighted by molar-refractivity contribution is 7.09. The summed E-state index contributed by atoms with van der Waals surface area (Å²) in [5, 5.41) is 3.40. The highest BCUT2D eigenvalue weighted by Gasteiger charge is 2.43. The zero-order chi connectivity index (χ0) is 14.0. The van der Waals surface area contributed by atoms with Crippen molar-refractivity contribution in [2.75, 3.05) is 26.2 Å². The van der Waals surface area contributed by atoms with Gasteiger partial charge in [-0.15, -0.1) is 17.9 Å². The molecular weight excluding hydrogens is 266 g/mol. The van der Waals surface area contributed by atoms with E-state index in [1.807, 2.05) is 0 Å². The van der Waals surface area contributed by atoms with Crippen molar-refractivity contribution < 1.29 is 0 Å². The molecule has 1 aromatic heterocycles. The molecule has 3 nitrogen and oxygen atoms in total. The molecule has 2 aliphatic heterocycles. The Hall–Kier alpha value is -0.710. The van der Waals surface area contributed by atoms with Gasteiger partial charge in [0.05, 0.1) is 10.7 Å². The predicted molar refractivity (Wildman–Crippen MR) is 85.1 cm³/mol. The number of nitrogens with zero attached hydrogens (tertiary/aromatic N) is 3. The summed E-state index contributed by atoms with van der Waals surface area (Å²) in [6, 6.07) is 0. The maximum Gasteiger partial charge on any atom is 0.0897 e. The molecule has 3 rings (SSSR count). The molecular formula is C16H25N3S. The Labute approximate surface area is 126 Å². The lowest BCUT2D eigenvalue weighted by atomic mass is 9.86. The summed E-state index contributed by atoms with van der Waals surface area (Å²) >= 11 is 1.76. The zero-order valence-electron chi connectivity index (χ0n) is 12.5. The molecule has 3 heterocycles. The maximum absolute atomic E-state index is 4.62. The second-order valence-corrected chi connectivity index (χ2v) is 7.30. The second kappa shape index (κ2) is 5.96. The largest absolute Gasteiger partial charge is 0.296 e. The summed E-state index contributed by atoms with van der Waals surface area (Å²) in [5.74, 6) is 0. The fourth-order valence-corrected chi connectivity index (χ4v) is 4.55. The van der Waals surface area contributed by atoms with E-state index in [0.29, 0.717) is 5.54 Å². The predicted octanol–water partition coefficient (Wildman–Crippen LogP) is 3.07. The van der Waals surface area contributed by atoms with Crippen LogP contribution in [0.2, 0.25) is 0 Å². The van der Waals surface area contributed by atoms with Crippen LogP contribution < -0.4 is 0 Å². The maximum atomic E-state index is 4.62. The molecule has 0 aliphatic carbocycles. The van der Waals surface area contributed by atoms with Crippen LogP contribution in [0.3, 0.4) is 0 Å². The number of piperidine rings is 1. The topological polar surface area (TPSA) is 19.4 Å². The number of hydrogen-bond acceptors (Lipinski definition) is 4. The molecule has 4 heteroatoms. The smallest absolute Gasteiger partial charge is 0.0897 e. The van der Waals surface area contributed by atoms with Crippen LogP contribution in [0.4, 0.5) is 0 Å². The molecule has 2 fully saturated rings. The van der Waals surface area contributed by atoms with Crippen LogP contribution in [0.15, 0.2) is 18.0 Å². The summed E-state index contributed by atoms with van der Waals surface area (Å²) in [7, 11) is 0. The van der Waals surface area contributed by atoms with E-state index >= 15 is 0 Å². The quantitative estimate of drug-likeness (QED) is 0.795. The van der Waals surface area contributed by atoms with Crippen molar-refractivity contribution in [3.05, 3.63) is 28.7 Å². The summed E-state index contributed by atoms with van der Waals surface area (Å²) in [4.78, 5) is 9.90. The van der Waals surface area contributed by atoms with Crippen LogP contribution in [0.5, 0.6) is 0 Å². The SMILES string of the molecule is C=CCN1CCCC12CCCN(Cc1csc(C)n1)C2. The summed E-state index contributed by atoms with van der Waals surface area (Å²) in [6.07, 6.45) is 7.44. The van der Waals surface area contributed by atoms with E-state index in [9.17, 15) is 0 Å². The average molecular weight is 291 g/mol. The lowest BCUT2D eigenvalue weighted by Gasteiger charge is -2.45. The average Bonchev–Trinajstić information content (AvgIpc) is 2.99. The monoisotopic (exact) mass is 291 g/mol. The van der Waals surface area contributed by atoms with E-state index in [-0.39, 0.29) is 0 Å². The Bertz CT molecular complexity index is 470. The van der Waals surface area contributed by atoms with Gasteiger partial charge in [-0.05, 0) is 45.7 Å². The van der Waals surface area contributed by atoms with Crippen molar-refractivity contribution in [1.29, 1.82) is 0 Å². The molecule has 0 N–H and O–H groups in total. The van der Waals surface area contributed by atoms with Crippen LogP contribution in [0.25, 0.3) is 0 Å². The Morgan fingerprint density at radius 2 is 2.20 bits per heavy atom. The lowest BCUT2D eigenvalue weighted by molar-refractivity contribution is 0.0444. The van der Waals surface area contributed by atoms with Gasteiger partial charge in [-0.25, -0.2) is 4.98 Å².